The Kier molecular flexibility index (Phi) is 5.40. The van der Waals surface area contributed by atoms with Crippen molar-refractivity contribution >= 4 is 43.4 Å². The lowest BCUT2D eigenvalue weighted by molar-refractivity contribution is -0.135. The van der Waals surface area contributed by atoms with Gasteiger partial charge in [0.15, 0.2) is 10.6 Å². The molecule has 126 valence electrons. The van der Waals surface area contributed by atoms with Crippen molar-refractivity contribution in [3.8, 4) is 0 Å². The number of Topliss-reactive ketones (excluding diaryl/α,β-unsaturated/α-hetero) is 1. The van der Waals surface area contributed by atoms with Gasteiger partial charge < -0.3 is 5.11 Å². The fraction of sp³-hybridized carbons (Fsp3) is 0.125. The van der Waals surface area contributed by atoms with E-state index in [1.165, 1.54) is 24.3 Å². The number of hydrogen-bond acceptors (Lipinski definition) is 4. The van der Waals surface area contributed by atoms with Crippen LogP contribution in [0.4, 0.5) is 5.69 Å². The van der Waals surface area contributed by atoms with Crippen molar-refractivity contribution in [1.29, 1.82) is 0 Å². The number of aryl methyl sites for hydroxylation is 1. The number of carbonyl (C=O) groups is 2. The van der Waals surface area contributed by atoms with Gasteiger partial charge in [0.05, 0.1) is 10.6 Å². The Morgan fingerprint density at radius 2 is 1.67 bits per heavy atom. The molecule has 2 aromatic carbocycles. The maximum Gasteiger partial charge on any atom is 0.325 e. The molecule has 1 atom stereocenters. The van der Waals surface area contributed by atoms with Crippen LogP contribution in [0.2, 0.25) is 0 Å². The summed E-state index contributed by atoms with van der Waals surface area (Å²) in [5, 5.41) is 8.95. The predicted octanol–water partition coefficient (Wildman–Crippen LogP) is 2.83. The second-order valence-corrected chi connectivity index (χ2v) is 7.55. The molecule has 0 spiro atoms. The third-order valence-electron chi connectivity index (χ3n) is 3.28. The maximum absolute atomic E-state index is 12.6. The predicted molar refractivity (Wildman–Crippen MR) is 93.1 cm³/mol. The second-order valence-electron chi connectivity index (χ2n) is 4.98. The van der Waals surface area contributed by atoms with Crippen LogP contribution in [0.15, 0.2) is 53.4 Å². The van der Waals surface area contributed by atoms with Crippen LogP contribution >= 0.6 is 15.9 Å². The lowest BCUT2D eigenvalue weighted by Gasteiger charge is -2.14. The first-order valence-electron chi connectivity index (χ1n) is 6.82. The van der Waals surface area contributed by atoms with E-state index in [9.17, 15) is 18.0 Å². The molecule has 6 nitrogen and oxygen atoms in total. The molecule has 2 N–H and O–H groups in total. The minimum Gasteiger partial charge on any atom is -0.480 e. The van der Waals surface area contributed by atoms with E-state index in [4.69, 9.17) is 5.11 Å². The Morgan fingerprint density at radius 3 is 2.29 bits per heavy atom. The molecule has 1 unspecified atom stereocenters. The third kappa shape index (κ3) is 3.82. The normalized spacial score (nSPS) is 12.4. The zero-order valence-electron chi connectivity index (χ0n) is 12.6. The highest BCUT2D eigenvalue weighted by molar-refractivity contribution is 9.10. The molecule has 0 aliphatic heterocycles. The molecule has 0 aliphatic carbocycles. The number of carboxylic acids is 1. The number of rotatable bonds is 6. The molecule has 0 bridgehead atoms. The Bertz CT molecular complexity index is 895. The van der Waals surface area contributed by atoms with E-state index in [0.717, 1.165) is 0 Å². The summed E-state index contributed by atoms with van der Waals surface area (Å²) in [6, 6.07) is 12.3. The average Bonchev–Trinajstić information content (AvgIpc) is 2.55. The van der Waals surface area contributed by atoms with Crippen LogP contribution in [0, 0.1) is 6.92 Å². The number of hydrogen-bond donors (Lipinski definition) is 2. The molecular weight excluding hydrogens is 398 g/mol. The van der Waals surface area contributed by atoms with E-state index in [0.29, 0.717) is 11.3 Å². The maximum atomic E-state index is 12.6. The van der Waals surface area contributed by atoms with Crippen molar-refractivity contribution in [3.05, 3.63) is 59.7 Å². The summed E-state index contributed by atoms with van der Waals surface area (Å²) < 4.78 is 27.7. The number of sulfonamides is 1. The van der Waals surface area contributed by atoms with Gasteiger partial charge in [0, 0.05) is 5.56 Å². The lowest BCUT2D eigenvalue weighted by atomic mass is 10.1. The third-order valence-corrected chi connectivity index (χ3v) is 5.51. The fourth-order valence-corrected chi connectivity index (χ4v) is 3.63. The van der Waals surface area contributed by atoms with E-state index >= 15 is 0 Å². The molecule has 0 saturated heterocycles. The van der Waals surface area contributed by atoms with Crippen molar-refractivity contribution in [2.24, 2.45) is 0 Å². The number of alkyl halides is 1. The summed E-state index contributed by atoms with van der Waals surface area (Å²) in [6.45, 7) is 1.74. The summed E-state index contributed by atoms with van der Waals surface area (Å²) in [4.78, 5) is 21.4. The summed E-state index contributed by atoms with van der Waals surface area (Å²) in [5.74, 6) is -2.23. The molecule has 0 amide bonds. The van der Waals surface area contributed by atoms with Crippen molar-refractivity contribution in [3.63, 3.8) is 0 Å². The topological polar surface area (TPSA) is 101 Å². The Balaban J connectivity index is 2.47. The van der Waals surface area contributed by atoms with Crippen molar-refractivity contribution < 1.29 is 23.1 Å². The fourth-order valence-electron chi connectivity index (χ4n) is 2.04. The van der Waals surface area contributed by atoms with Gasteiger partial charge in [-0.1, -0.05) is 46.3 Å². The molecule has 0 radical (unpaired) electrons. The first kappa shape index (κ1) is 18.2. The standard InChI is InChI=1S/C16H14BrNO5S/c1-10-6-2-4-8-12(10)18-24(22,23)13-9-5-3-7-11(13)15(19)14(17)16(20)21/h2-9,14,18H,1H3,(H,20,21). The van der Waals surface area contributed by atoms with Crippen molar-refractivity contribution in [2.45, 2.75) is 16.6 Å². The molecule has 0 heterocycles. The molecule has 0 fully saturated rings. The summed E-state index contributed by atoms with van der Waals surface area (Å²) in [6.07, 6.45) is 0. The molecule has 0 aromatic heterocycles. The Hall–Kier alpha value is -2.19. The second kappa shape index (κ2) is 7.14. The number of halogens is 1. The lowest BCUT2D eigenvalue weighted by Crippen LogP contribution is -2.26. The number of benzene rings is 2. The number of ketones is 1. The van der Waals surface area contributed by atoms with Gasteiger partial charge in [-0.2, -0.15) is 0 Å². The smallest absolute Gasteiger partial charge is 0.325 e. The van der Waals surface area contributed by atoms with Crippen molar-refractivity contribution in [2.75, 3.05) is 4.72 Å². The van der Waals surface area contributed by atoms with E-state index in [1.54, 1.807) is 31.2 Å². The van der Waals surface area contributed by atoms with E-state index in [1.807, 2.05) is 0 Å². The number of nitrogens with one attached hydrogen (secondary N) is 1. The van der Waals surface area contributed by atoms with E-state index in [2.05, 4.69) is 20.7 Å². The molecule has 24 heavy (non-hydrogen) atoms. The van der Waals surface area contributed by atoms with Crippen LogP contribution in [-0.4, -0.2) is 30.1 Å². The molecule has 0 saturated carbocycles. The van der Waals surface area contributed by atoms with Gasteiger partial charge in [-0.05, 0) is 30.7 Å². The van der Waals surface area contributed by atoms with Crippen LogP contribution in [0.3, 0.4) is 0 Å². The van der Waals surface area contributed by atoms with Crippen LogP contribution in [0.25, 0.3) is 0 Å². The summed E-state index contributed by atoms with van der Waals surface area (Å²) >= 11 is 2.76. The van der Waals surface area contributed by atoms with Crippen LogP contribution in [-0.2, 0) is 14.8 Å². The van der Waals surface area contributed by atoms with Gasteiger partial charge in [0.1, 0.15) is 0 Å². The highest BCUT2D eigenvalue weighted by Gasteiger charge is 2.29. The number of carboxylic acid groups (broad SMARTS) is 1. The first-order chi connectivity index (χ1) is 11.2. The molecule has 0 aliphatic rings. The molecule has 2 rings (SSSR count). The Labute approximate surface area is 147 Å². The quantitative estimate of drug-likeness (QED) is 0.432. The van der Waals surface area contributed by atoms with Gasteiger partial charge in [-0.25, -0.2) is 8.42 Å². The minimum absolute atomic E-state index is 0.192. The molecule has 2 aromatic rings. The number of aliphatic carboxylic acids is 1. The van der Waals surface area contributed by atoms with Gasteiger partial charge in [0.2, 0.25) is 0 Å². The van der Waals surface area contributed by atoms with Crippen molar-refractivity contribution in [1.82, 2.24) is 0 Å². The SMILES string of the molecule is Cc1ccccc1NS(=O)(=O)c1ccccc1C(=O)C(Br)C(=O)O. The monoisotopic (exact) mass is 411 g/mol. The number of para-hydroxylation sites is 1. The van der Waals surface area contributed by atoms with Gasteiger partial charge in [-0.3, -0.25) is 14.3 Å². The minimum atomic E-state index is -4.06. The molecule has 8 heteroatoms. The van der Waals surface area contributed by atoms with E-state index in [-0.39, 0.29) is 10.5 Å². The first-order valence-corrected chi connectivity index (χ1v) is 9.22. The summed E-state index contributed by atoms with van der Waals surface area (Å²) in [7, 11) is -4.06. The highest BCUT2D eigenvalue weighted by Crippen LogP contribution is 2.24. The zero-order valence-corrected chi connectivity index (χ0v) is 15.0. The summed E-state index contributed by atoms with van der Waals surface area (Å²) in [5.41, 5.74) is 0.907. The molecular formula is C16H14BrNO5S. The highest BCUT2D eigenvalue weighted by atomic mass is 79.9. The number of anilines is 1. The van der Waals surface area contributed by atoms with Gasteiger partial charge >= 0.3 is 5.97 Å². The van der Waals surface area contributed by atoms with Crippen LogP contribution in [0.1, 0.15) is 15.9 Å². The largest absolute Gasteiger partial charge is 0.480 e. The number of carbonyl (C=O) groups excluding carboxylic acids is 1. The van der Waals surface area contributed by atoms with Gasteiger partial charge in [0.25, 0.3) is 10.0 Å². The van der Waals surface area contributed by atoms with Crippen LogP contribution in [0.5, 0.6) is 0 Å². The van der Waals surface area contributed by atoms with Crippen LogP contribution < -0.4 is 4.72 Å². The van der Waals surface area contributed by atoms with Gasteiger partial charge in [-0.15, -0.1) is 0 Å². The average molecular weight is 412 g/mol. The van der Waals surface area contributed by atoms with E-state index < -0.39 is 26.6 Å². The zero-order chi connectivity index (χ0) is 17.9. The Morgan fingerprint density at radius 1 is 1.08 bits per heavy atom.